The summed E-state index contributed by atoms with van der Waals surface area (Å²) < 4.78 is 0. The van der Waals surface area contributed by atoms with E-state index >= 15 is 0 Å². The minimum atomic E-state index is -0.157. The van der Waals surface area contributed by atoms with Crippen molar-refractivity contribution >= 4 is 21.8 Å². The Morgan fingerprint density at radius 3 is 3.07 bits per heavy atom. The molecule has 4 heteroatoms. The van der Waals surface area contributed by atoms with Crippen LogP contribution in [0.3, 0.4) is 0 Å². The molecule has 1 N–H and O–H groups in total. The molecule has 0 spiro atoms. The molecule has 2 rings (SSSR count). The van der Waals surface area contributed by atoms with Crippen LogP contribution in [0.1, 0.15) is 19.3 Å². The summed E-state index contributed by atoms with van der Waals surface area (Å²) >= 11 is 2.94. The van der Waals surface area contributed by atoms with Gasteiger partial charge in [0.15, 0.2) is 0 Å². The van der Waals surface area contributed by atoms with Crippen molar-refractivity contribution in [3.8, 4) is 10.8 Å². The van der Waals surface area contributed by atoms with Gasteiger partial charge in [-0.25, -0.2) is 0 Å². The zero-order chi connectivity index (χ0) is 10.7. The highest BCUT2D eigenvalue weighted by atomic mass is 79.9. The lowest BCUT2D eigenvalue weighted by molar-refractivity contribution is -0.117. The molecule has 2 aliphatic rings. The molecule has 82 valence electrons. The van der Waals surface area contributed by atoms with Crippen LogP contribution < -0.4 is 5.32 Å². The molecule has 0 radical (unpaired) electrons. The van der Waals surface area contributed by atoms with Crippen LogP contribution in [0.5, 0.6) is 0 Å². The number of carbonyl (C=O) groups is 1. The highest BCUT2D eigenvalue weighted by Crippen LogP contribution is 2.26. The van der Waals surface area contributed by atoms with Gasteiger partial charge in [0, 0.05) is 41.0 Å². The van der Waals surface area contributed by atoms with Gasteiger partial charge in [0.05, 0.1) is 0 Å². The monoisotopic (exact) mass is 270 g/mol. The van der Waals surface area contributed by atoms with Crippen molar-refractivity contribution in [3.05, 3.63) is 0 Å². The Bertz CT molecular complexity index is 307. The van der Waals surface area contributed by atoms with Crippen LogP contribution in [-0.4, -0.2) is 36.5 Å². The second-order valence-corrected chi connectivity index (χ2v) is 4.69. The maximum absolute atomic E-state index is 11.3. The third kappa shape index (κ3) is 2.73. The number of hydrogen-bond donors (Lipinski definition) is 1. The zero-order valence-electron chi connectivity index (χ0n) is 8.63. The van der Waals surface area contributed by atoms with Crippen LogP contribution >= 0.6 is 15.9 Å². The van der Waals surface area contributed by atoms with Crippen LogP contribution in [0.25, 0.3) is 0 Å². The van der Waals surface area contributed by atoms with Gasteiger partial charge in [-0.05, 0) is 36.6 Å². The molecule has 0 aliphatic carbocycles. The zero-order valence-corrected chi connectivity index (χ0v) is 10.2. The number of carbonyl (C=O) groups excluding carboxylic acids is 1. The summed E-state index contributed by atoms with van der Waals surface area (Å²) in [5, 5.41) is 3.01. The van der Waals surface area contributed by atoms with Crippen molar-refractivity contribution in [2.75, 3.05) is 19.6 Å². The molecule has 3 atom stereocenters. The third-order valence-electron chi connectivity index (χ3n) is 3.34. The molecule has 2 bridgehead atoms. The number of piperidine rings is 2. The first-order valence-electron chi connectivity index (χ1n) is 5.44. The second kappa shape index (κ2) is 5.00. The van der Waals surface area contributed by atoms with Gasteiger partial charge >= 0.3 is 0 Å². The van der Waals surface area contributed by atoms with Crippen LogP contribution in [0.15, 0.2) is 0 Å². The Morgan fingerprint density at radius 2 is 2.27 bits per heavy atom. The molecular formula is C11H15BrN2O. The van der Waals surface area contributed by atoms with Crippen LogP contribution in [0.4, 0.5) is 0 Å². The van der Waals surface area contributed by atoms with E-state index in [0.717, 1.165) is 19.5 Å². The fraction of sp³-hybridized carbons (Fsp3) is 0.727. The lowest BCUT2D eigenvalue weighted by Gasteiger charge is -2.42. The minimum Gasteiger partial charge on any atom is -0.342 e. The summed E-state index contributed by atoms with van der Waals surface area (Å²) in [5.41, 5.74) is 0. The van der Waals surface area contributed by atoms with E-state index in [1.54, 1.807) is 0 Å². The Hall–Kier alpha value is -0.530. The summed E-state index contributed by atoms with van der Waals surface area (Å²) in [6, 6.07) is 0.336. The average Bonchev–Trinajstić information content (AvgIpc) is 2.23. The van der Waals surface area contributed by atoms with Gasteiger partial charge in [-0.2, -0.15) is 0 Å². The number of hydrogen-bond acceptors (Lipinski definition) is 2. The standard InChI is InChI=1S/C11H15BrN2O/c12-5-3-11(15)13-10-4-7-14-6-1-2-9(10)8-14/h9-10H,1-2,4,6-8H2,(H,13,15). The van der Waals surface area contributed by atoms with Crippen molar-refractivity contribution in [1.82, 2.24) is 10.2 Å². The Morgan fingerprint density at radius 1 is 1.40 bits per heavy atom. The lowest BCUT2D eigenvalue weighted by Crippen LogP contribution is -2.53. The van der Waals surface area contributed by atoms with Crippen molar-refractivity contribution in [3.63, 3.8) is 0 Å². The van der Waals surface area contributed by atoms with Crippen LogP contribution in [-0.2, 0) is 4.79 Å². The van der Waals surface area contributed by atoms with Gasteiger partial charge in [0.25, 0.3) is 5.91 Å². The van der Waals surface area contributed by atoms with E-state index in [-0.39, 0.29) is 5.91 Å². The lowest BCUT2D eigenvalue weighted by atomic mass is 9.85. The third-order valence-corrected chi connectivity index (χ3v) is 3.54. The van der Waals surface area contributed by atoms with E-state index in [0.29, 0.717) is 12.0 Å². The topological polar surface area (TPSA) is 32.3 Å². The van der Waals surface area contributed by atoms with E-state index in [4.69, 9.17) is 0 Å². The SMILES string of the molecule is O=C(C#CBr)NC1CCN2CCCC1C2. The molecule has 1 amide bonds. The Kier molecular flexibility index (Phi) is 3.66. The molecule has 2 heterocycles. The molecule has 3 nitrogen and oxygen atoms in total. The first kappa shape index (κ1) is 11.0. The largest absolute Gasteiger partial charge is 0.342 e. The summed E-state index contributed by atoms with van der Waals surface area (Å²) in [6.45, 7) is 3.49. The first-order chi connectivity index (χ1) is 7.29. The highest BCUT2D eigenvalue weighted by Gasteiger charge is 2.32. The quantitative estimate of drug-likeness (QED) is 0.720. The molecule has 2 fully saturated rings. The summed E-state index contributed by atoms with van der Waals surface area (Å²) in [6.07, 6.45) is 3.57. The number of fused-ring (bicyclic) bond motifs is 2. The van der Waals surface area contributed by atoms with Gasteiger partial charge in [0.2, 0.25) is 0 Å². The molecule has 0 aromatic carbocycles. The van der Waals surface area contributed by atoms with Crippen LogP contribution in [0.2, 0.25) is 0 Å². The van der Waals surface area contributed by atoms with Gasteiger partial charge < -0.3 is 10.2 Å². The fourth-order valence-electron chi connectivity index (χ4n) is 2.62. The normalized spacial score (nSPS) is 33.8. The first-order valence-corrected chi connectivity index (χ1v) is 6.23. The average molecular weight is 271 g/mol. The van der Waals surface area contributed by atoms with Gasteiger partial charge in [-0.1, -0.05) is 0 Å². The van der Waals surface area contributed by atoms with Crippen molar-refractivity contribution in [2.24, 2.45) is 5.92 Å². The summed E-state index contributed by atoms with van der Waals surface area (Å²) in [7, 11) is 0. The highest BCUT2D eigenvalue weighted by molar-refractivity contribution is 9.12. The number of rotatable bonds is 1. The molecule has 3 unspecified atom stereocenters. The Balaban J connectivity index is 1.91. The predicted octanol–water partition coefficient (Wildman–Crippen LogP) is 0.943. The van der Waals surface area contributed by atoms with Crippen LogP contribution in [0, 0.1) is 16.7 Å². The van der Waals surface area contributed by atoms with E-state index in [1.807, 2.05) is 0 Å². The van der Waals surface area contributed by atoms with Gasteiger partial charge in [0.1, 0.15) is 0 Å². The van der Waals surface area contributed by atoms with Crippen molar-refractivity contribution in [1.29, 1.82) is 0 Å². The number of halogens is 1. The molecule has 15 heavy (non-hydrogen) atoms. The van der Waals surface area contributed by atoms with E-state index in [1.165, 1.54) is 19.4 Å². The van der Waals surface area contributed by atoms with E-state index in [2.05, 4.69) is 36.9 Å². The van der Waals surface area contributed by atoms with Crippen molar-refractivity contribution < 1.29 is 4.79 Å². The number of amides is 1. The maximum atomic E-state index is 11.3. The second-order valence-electron chi connectivity index (χ2n) is 4.29. The molecule has 0 aromatic heterocycles. The Labute approximate surface area is 98.7 Å². The van der Waals surface area contributed by atoms with E-state index < -0.39 is 0 Å². The minimum absolute atomic E-state index is 0.157. The molecule has 0 aromatic rings. The predicted molar refractivity (Wildman–Crippen MR) is 62.4 cm³/mol. The molecular weight excluding hydrogens is 256 g/mol. The van der Waals surface area contributed by atoms with Crippen molar-refractivity contribution in [2.45, 2.75) is 25.3 Å². The summed E-state index contributed by atoms with van der Waals surface area (Å²) in [5.74, 6) is 2.95. The van der Waals surface area contributed by atoms with Gasteiger partial charge in [-0.3, -0.25) is 4.79 Å². The smallest absolute Gasteiger partial charge is 0.296 e. The van der Waals surface area contributed by atoms with E-state index in [9.17, 15) is 4.79 Å². The molecule has 2 aliphatic heterocycles. The van der Waals surface area contributed by atoms with Gasteiger partial charge in [-0.15, -0.1) is 0 Å². The number of nitrogens with zero attached hydrogens (tertiary/aromatic N) is 1. The number of nitrogens with one attached hydrogen (secondary N) is 1. The molecule has 2 saturated heterocycles. The fourth-order valence-corrected chi connectivity index (χ4v) is 2.80. The summed E-state index contributed by atoms with van der Waals surface area (Å²) in [4.78, 5) is 16.3. The molecule has 0 saturated carbocycles. The maximum Gasteiger partial charge on any atom is 0.296 e.